The summed E-state index contributed by atoms with van der Waals surface area (Å²) in [6, 6.07) is 12.7. The Labute approximate surface area is 147 Å². The van der Waals surface area contributed by atoms with Gasteiger partial charge in [-0.1, -0.05) is 12.1 Å². The number of nitrogens with zero attached hydrogens (tertiary/aromatic N) is 2. The van der Waals surface area contributed by atoms with Crippen LogP contribution in [0, 0.1) is 10.1 Å². The lowest BCUT2D eigenvalue weighted by Gasteiger charge is -2.29. The second-order valence-corrected chi connectivity index (χ2v) is 6.38. The molecule has 0 atom stereocenters. The Kier molecular flexibility index (Phi) is 5.19. The highest BCUT2D eigenvalue weighted by Gasteiger charge is 2.21. The Balaban J connectivity index is 1.83. The van der Waals surface area contributed by atoms with Crippen LogP contribution in [0.4, 0.5) is 11.4 Å². The summed E-state index contributed by atoms with van der Waals surface area (Å²) in [5.74, 6) is 0.567. The number of hydrogen-bond donors (Lipinski definition) is 1. The minimum atomic E-state index is -0.344. The smallest absolute Gasteiger partial charge is 0.280 e. The quantitative estimate of drug-likeness (QED) is 0.662. The molecule has 0 unspecified atom stereocenters. The van der Waals surface area contributed by atoms with Crippen molar-refractivity contribution in [1.29, 1.82) is 0 Å². The van der Waals surface area contributed by atoms with Crippen LogP contribution in [0.15, 0.2) is 42.5 Å². The van der Waals surface area contributed by atoms with Gasteiger partial charge in [0.1, 0.15) is 11.9 Å². The fraction of sp³-hybridized carbons (Fsp3) is 0.368. The van der Waals surface area contributed by atoms with E-state index in [4.69, 9.17) is 4.74 Å². The molecule has 0 aromatic heterocycles. The predicted octanol–water partition coefficient (Wildman–Crippen LogP) is 3.78. The minimum Gasteiger partial charge on any atom is -0.490 e. The van der Waals surface area contributed by atoms with Crippen molar-refractivity contribution in [3.05, 3.63) is 52.6 Å². The van der Waals surface area contributed by atoms with Crippen LogP contribution in [0.25, 0.3) is 11.1 Å². The lowest BCUT2D eigenvalue weighted by Crippen LogP contribution is -2.35. The molecule has 1 heterocycles. The van der Waals surface area contributed by atoms with Crippen LogP contribution in [0.2, 0.25) is 0 Å². The summed E-state index contributed by atoms with van der Waals surface area (Å²) in [6.07, 6.45) is 2.01. The van der Waals surface area contributed by atoms with Crippen LogP contribution >= 0.6 is 0 Å². The Hall–Kier alpha value is -2.60. The van der Waals surface area contributed by atoms with Gasteiger partial charge in [0.2, 0.25) is 0 Å². The molecule has 2 aromatic rings. The van der Waals surface area contributed by atoms with Gasteiger partial charge in [0.25, 0.3) is 5.69 Å². The fourth-order valence-corrected chi connectivity index (χ4v) is 3.09. The van der Waals surface area contributed by atoms with E-state index in [9.17, 15) is 10.1 Å². The highest BCUT2D eigenvalue weighted by Crippen LogP contribution is 2.34. The number of likely N-dealkylation sites (tertiary alicyclic amines) is 1. The number of ether oxygens (including phenoxy) is 1. The lowest BCUT2D eigenvalue weighted by atomic mass is 10.0. The molecule has 0 amide bonds. The zero-order chi connectivity index (χ0) is 17.8. The Morgan fingerprint density at radius 2 is 1.84 bits per heavy atom. The molecule has 1 fully saturated rings. The average Bonchev–Trinajstić information content (AvgIpc) is 2.63. The Bertz CT molecular complexity index is 738. The van der Waals surface area contributed by atoms with Gasteiger partial charge in [-0.25, -0.2) is 0 Å². The van der Waals surface area contributed by atoms with E-state index >= 15 is 0 Å². The number of hydrogen-bond acceptors (Lipinski definition) is 5. The number of anilines is 1. The summed E-state index contributed by atoms with van der Waals surface area (Å²) in [5, 5.41) is 14.6. The number of nitrogens with one attached hydrogen (secondary N) is 1. The van der Waals surface area contributed by atoms with E-state index in [2.05, 4.69) is 17.3 Å². The van der Waals surface area contributed by atoms with Crippen molar-refractivity contribution in [2.75, 3.05) is 32.5 Å². The van der Waals surface area contributed by atoms with Crippen LogP contribution < -0.4 is 10.1 Å². The molecule has 1 saturated heterocycles. The topological polar surface area (TPSA) is 67.6 Å². The summed E-state index contributed by atoms with van der Waals surface area (Å²) in [5.41, 5.74) is 2.45. The third-order valence-electron chi connectivity index (χ3n) is 4.62. The highest BCUT2D eigenvalue weighted by molar-refractivity contribution is 5.75. The van der Waals surface area contributed by atoms with E-state index in [0.29, 0.717) is 11.3 Å². The monoisotopic (exact) mass is 341 g/mol. The molecule has 1 N–H and O–H groups in total. The molecule has 0 radical (unpaired) electrons. The van der Waals surface area contributed by atoms with Crippen molar-refractivity contribution in [3.8, 4) is 16.9 Å². The van der Waals surface area contributed by atoms with Crippen molar-refractivity contribution in [3.63, 3.8) is 0 Å². The maximum absolute atomic E-state index is 11.5. The zero-order valence-electron chi connectivity index (χ0n) is 14.6. The van der Waals surface area contributed by atoms with Crippen LogP contribution in [0.1, 0.15) is 12.8 Å². The van der Waals surface area contributed by atoms with Crippen LogP contribution in [0.5, 0.6) is 5.75 Å². The number of nitro groups is 1. The van der Waals surface area contributed by atoms with E-state index in [1.165, 1.54) is 0 Å². The van der Waals surface area contributed by atoms with Gasteiger partial charge in [-0.15, -0.1) is 0 Å². The van der Waals surface area contributed by atoms with Crippen molar-refractivity contribution in [2.45, 2.75) is 18.9 Å². The average molecular weight is 341 g/mol. The SMILES string of the molecule is CNc1ccc(-c2ccc(OC3CCN(C)CC3)cc2[N+](=O)[O-])cc1. The first kappa shape index (κ1) is 17.2. The Morgan fingerprint density at radius 1 is 1.16 bits per heavy atom. The molecule has 0 saturated carbocycles. The molecular formula is C19H23N3O3. The molecule has 25 heavy (non-hydrogen) atoms. The van der Waals surface area contributed by atoms with Crippen molar-refractivity contribution >= 4 is 11.4 Å². The van der Waals surface area contributed by atoms with Gasteiger partial charge in [-0.05, 0) is 49.7 Å². The minimum absolute atomic E-state index is 0.0719. The number of rotatable bonds is 5. The maximum atomic E-state index is 11.5. The normalized spacial score (nSPS) is 15.8. The van der Waals surface area contributed by atoms with E-state index in [1.54, 1.807) is 12.1 Å². The molecule has 0 spiro atoms. The van der Waals surface area contributed by atoms with E-state index < -0.39 is 0 Å². The summed E-state index contributed by atoms with van der Waals surface area (Å²) in [4.78, 5) is 13.5. The van der Waals surface area contributed by atoms with Crippen LogP contribution in [-0.2, 0) is 0 Å². The van der Waals surface area contributed by atoms with E-state index in [0.717, 1.165) is 37.2 Å². The number of piperidine rings is 1. The second-order valence-electron chi connectivity index (χ2n) is 6.38. The third-order valence-corrected chi connectivity index (χ3v) is 4.62. The maximum Gasteiger partial charge on any atom is 0.280 e. The van der Waals surface area contributed by atoms with Gasteiger partial charge in [0, 0.05) is 25.8 Å². The third kappa shape index (κ3) is 4.09. The summed E-state index contributed by atoms with van der Waals surface area (Å²) < 4.78 is 5.98. The van der Waals surface area contributed by atoms with Crippen molar-refractivity contribution in [1.82, 2.24) is 4.90 Å². The van der Waals surface area contributed by atoms with Gasteiger partial charge in [0.15, 0.2) is 0 Å². The Morgan fingerprint density at radius 3 is 2.44 bits per heavy atom. The van der Waals surface area contributed by atoms with Gasteiger partial charge < -0.3 is 15.0 Å². The second kappa shape index (κ2) is 7.53. The summed E-state index contributed by atoms with van der Waals surface area (Å²) >= 11 is 0. The van der Waals surface area contributed by atoms with Gasteiger partial charge in [-0.3, -0.25) is 10.1 Å². The highest BCUT2D eigenvalue weighted by atomic mass is 16.6. The van der Waals surface area contributed by atoms with Crippen molar-refractivity contribution in [2.24, 2.45) is 0 Å². The molecule has 6 nitrogen and oxygen atoms in total. The first-order valence-electron chi connectivity index (χ1n) is 8.48. The molecule has 1 aliphatic rings. The standard InChI is InChI=1S/C19H23N3O3/c1-20-15-5-3-14(4-6-15)18-8-7-17(13-19(18)22(23)24)25-16-9-11-21(2)12-10-16/h3-8,13,16,20H,9-12H2,1-2H3. The summed E-state index contributed by atoms with van der Waals surface area (Å²) in [7, 11) is 3.93. The molecule has 0 aliphatic carbocycles. The van der Waals surface area contributed by atoms with Gasteiger partial charge in [-0.2, -0.15) is 0 Å². The van der Waals surface area contributed by atoms with E-state index in [-0.39, 0.29) is 16.7 Å². The fourth-order valence-electron chi connectivity index (χ4n) is 3.09. The molecular weight excluding hydrogens is 318 g/mol. The van der Waals surface area contributed by atoms with Crippen molar-refractivity contribution < 1.29 is 9.66 Å². The molecule has 0 bridgehead atoms. The molecule has 6 heteroatoms. The zero-order valence-corrected chi connectivity index (χ0v) is 14.6. The predicted molar refractivity (Wildman–Crippen MR) is 99.2 cm³/mol. The van der Waals surface area contributed by atoms with E-state index in [1.807, 2.05) is 37.4 Å². The molecule has 3 rings (SSSR count). The van der Waals surface area contributed by atoms with Crippen LogP contribution in [-0.4, -0.2) is 43.1 Å². The summed E-state index contributed by atoms with van der Waals surface area (Å²) in [6.45, 7) is 1.98. The van der Waals surface area contributed by atoms with Gasteiger partial charge in [0.05, 0.1) is 16.6 Å². The lowest BCUT2D eigenvalue weighted by molar-refractivity contribution is -0.384. The van der Waals surface area contributed by atoms with Gasteiger partial charge >= 0.3 is 0 Å². The number of benzene rings is 2. The molecule has 1 aliphatic heterocycles. The molecule has 132 valence electrons. The largest absolute Gasteiger partial charge is 0.490 e. The number of nitro benzene ring substituents is 1. The first-order chi connectivity index (χ1) is 12.1. The molecule has 2 aromatic carbocycles. The first-order valence-corrected chi connectivity index (χ1v) is 8.48. The van der Waals surface area contributed by atoms with Crippen LogP contribution in [0.3, 0.4) is 0 Å².